The molecule has 2 aromatic heterocycles. The highest BCUT2D eigenvalue weighted by atomic mass is 19.4. The lowest BCUT2D eigenvalue weighted by molar-refractivity contribution is -0.159. The number of hydrogen-bond acceptors (Lipinski definition) is 7. The van der Waals surface area contributed by atoms with Crippen molar-refractivity contribution in [3.05, 3.63) is 52.7 Å². The summed E-state index contributed by atoms with van der Waals surface area (Å²) in [6.45, 7) is 1.26. The van der Waals surface area contributed by atoms with Crippen molar-refractivity contribution in [3.8, 4) is 11.4 Å². The van der Waals surface area contributed by atoms with Gasteiger partial charge < -0.3 is 19.5 Å². The average molecular weight is 518 g/mol. The summed E-state index contributed by atoms with van der Waals surface area (Å²) in [6.07, 6.45) is -0.953. The molecule has 1 saturated heterocycles. The van der Waals surface area contributed by atoms with Gasteiger partial charge in [-0.15, -0.1) is 0 Å². The Balaban J connectivity index is 1.24. The van der Waals surface area contributed by atoms with Gasteiger partial charge in [-0.05, 0) is 37.8 Å². The van der Waals surface area contributed by atoms with E-state index < -0.39 is 18.0 Å². The number of nitrogens with zero attached hydrogens (tertiary/aromatic N) is 5. The predicted octanol–water partition coefficient (Wildman–Crippen LogP) is 2.64. The zero-order chi connectivity index (χ0) is 26.2. The number of alkyl halides is 3. The number of rotatable bonds is 5. The van der Waals surface area contributed by atoms with Gasteiger partial charge in [0.25, 0.3) is 11.8 Å². The van der Waals surface area contributed by atoms with Crippen molar-refractivity contribution in [1.82, 2.24) is 30.1 Å². The Morgan fingerprint density at radius 2 is 1.92 bits per heavy atom. The van der Waals surface area contributed by atoms with Crippen molar-refractivity contribution in [2.24, 2.45) is 7.05 Å². The SMILES string of the molecule is Cn1nc2c(c1C(=O)N1CCOC[C@H]1CNC(=O)c1ccc(-c3noc(C(F)(F)F)n3)cc1)CCCC2. The van der Waals surface area contributed by atoms with Crippen molar-refractivity contribution < 1.29 is 32.0 Å². The Morgan fingerprint density at radius 3 is 2.65 bits per heavy atom. The molecule has 2 aliphatic rings. The van der Waals surface area contributed by atoms with Crippen molar-refractivity contribution in [2.45, 2.75) is 37.9 Å². The summed E-state index contributed by atoms with van der Waals surface area (Å²) in [7, 11) is 1.78. The maximum Gasteiger partial charge on any atom is 0.471 e. The van der Waals surface area contributed by atoms with Gasteiger partial charge in [0.05, 0.1) is 24.9 Å². The normalized spacial score (nSPS) is 17.9. The van der Waals surface area contributed by atoms with Crippen LogP contribution >= 0.6 is 0 Å². The molecule has 37 heavy (non-hydrogen) atoms. The van der Waals surface area contributed by atoms with Crippen LogP contribution in [0, 0.1) is 0 Å². The van der Waals surface area contributed by atoms with E-state index in [1.165, 1.54) is 24.3 Å². The van der Waals surface area contributed by atoms with E-state index in [4.69, 9.17) is 4.74 Å². The minimum absolute atomic E-state index is 0.122. The number of morpholine rings is 1. The molecule has 3 aromatic rings. The first-order chi connectivity index (χ1) is 17.7. The van der Waals surface area contributed by atoms with E-state index in [1.807, 2.05) is 0 Å². The van der Waals surface area contributed by atoms with Crippen LogP contribution in [0.25, 0.3) is 11.4 Å². The second-order valence-electron chi connectivity index (χ2n) is 9.04. The van der Waals surface area contributed by atoms with Gasteiger partial charge in [-0.25, -0.2) is 0 Å². The first-order valence-corrected chi connectivity index (χ1v) is 12.0. The fraction of sp³-hybridized carbons (Fsp3) is 0.458. The highest BCUT2D eigenvalue weighted by molar-refractivity contribution is 5.96. The van der Waals surface area contributed by atoms with E-state index in [1.54, 1.807) is 16.6 Å². The number of aryl methyl sites for hydroxylation is 2. The number of hydrogen-bond donors (Lipinski definition) is 1. The lowest BCUT2D eigenvalue weighted by atomic mass is 9.95. The number of aromatic nitrogens is 4. The number of amides is 2. The summed E-state index contributed by atoms with van der Waals surface area (Å²) < 4.78 is 49.6. The summed E-state index contributed by atoms with van der Waals surface area (Å²) in [5.41, 5.74) is 3.15. The molecule has 1 aromatic carbocycles. The zero-order valence-corrected chi connectivity index (χ0v) is 20.0. The Bertz CT molecular complexity index is 1300. The number of carbonyl (C=O) groups excluding carboxylic acids is 2. The number of halogens is 3. The van der Waals surface area contributed by atoms with Gasteiger partial charge in [0.1, 0.15) is 5.69 Å². The zero-order valence-electron chi connectivity index (χ0n) is 20.0. The van der Waals surface area contributed by atoms with Crippen molar-refractivity contribution >= 4 is 11.8 Å². The predicted molar refractivity (Wildman–Crippen MR) is 123 cm³/mol. The van der Waals surface area contributed by atoms with Crippen LogP contribution in [0.1, 0.15) is 50.8 Å². The monoisotopic (exact) mass is 518 g/mol. The van der Waals surface area contributed by atoms with Crippen LogP contribution in [-0.2, 0) is 30.8 Å². The first kappa shape index (κ1) is 24.9. The summed E-state index contributed by atoms with van der Waals surface area (Å²) in [6, 6.07) is 5.42. The Labute approximate surface area is 209 Å². The minimum Gasteiger partial charge on any atom is -0.377 e. The number of benzene rings is 1. The van der Waals surface area contributed by atoms with Gasteiger partial charge in [0, 0.05) is 36.8 Å². The van der Waals surface area contributed by atoms with E-state index in [0.29, 0.717) is 24.4 Å². The summed E-state index contributed by atoms with van der Waals surface area (Å²) in [5.74, 6) is -2.19. The average Bonchev–Trinajstić information content (AvgIpc) is 3.52. The highest BCUT2D eigenvalue weighted by Crippen LogP contribution is 2.29. The molecule has 196 valence electrons. The van der Waals surface area contributed by atoms with Crippen LogP contribution in [0.15, 0.2) is 28.8 Å². The fourth-order valence-corrected chi connectivity index (χ4v) is 4.72. The molecule has 1 aliphatic carbocycles. The maximum absolute atomic E-state index is 13.5. The molecule has 0 radical (unpaired) electrons. The van der Waals surface area contributed by atoms with Gasteiger partial charge in [0.15, 0.2) is 0 Å². The molecular formula is C24H25F3N6O4. The standard InChI is InChI=1S/C24H25F3N6O4/c1-32-19(17-4-2-3-5-18(17)30-32)22(35)33-10-11-36-13-16(33)12-28-21(34)15-8-6-14(7-9-15)20-29-23(37-31-20)24(25,26)27/h6-9,16H,2-5,10-13H2,1H3,(H,28,34)/t16-/m1/s1. The lowest BCUT2D eigenvalue weighted by Gasteiger charge is -2.36. The number of carbonyl (C=O) groups is 2. The summed E-state index contributed by atoms with van der Waals surface area (Å²) in [5, 5.41) is 10.7. The highest BCUT2D eigenvalue weighted by Gasteiger charge is 2.38. The summed E-state index contributed by atoms with van der Waals surface area (Å²) in [4.78, 5) is 31.3. The topological polar surface area (TPSA) is 115 Å². The number of fused-ring (bicyclic) bond motifs is 1. The van der Waals surface area contributed by atoms with Gasteiger partial charge in [-0.2, -0.15) is 23.3 Å². The van der Waals surface area contributed by atoms with Crippen LogP contribution in [0.3, 0.4) is 0 Å². The second-order valence-corrected chi connectivity index (χ2v) is 9.04. The molecule has 1 aliphatic heterocycles. The molecule has 5 rings (SSSR count). The Kier molecular flexibility index (Phi) is 6.71. The lowest BCUT2D eigenvalue weighted by Crippen LogP contribution is -2.54. The third-order valence-electron chi connectivity index (χ3n) is 6.58. The van der Waals surface area contributed by atoms with E-state index in [-0.39, 0.29) is 36.5 Å². The largest absolute Gasteiger partial charge is 0.471 e. The third kappa shape index (κ3) is 5.08. The Hall–Kier alpha value is -3.74. The van der Waals surface area contributed by atoms with Crippen LogP contribution in [-0.4, -0.2) is 69.0 Å². The maximum atomic E-state index is 13.5. The van der Waals surface area contributed by atoms with E-state index in [0.717, 1.165) is 36.9 Å². The first-order valence-electron chi connectivity index (χ1n) is 12.0. The van der Waals surface area contributed by atoms with E-state index in [2.05, 4.69) is 25.1 Å². The third-order valence-corrected chi connectivity index (χ3v) is 6.58. The molecular weight excluding hydrogens is 493 g/mol. The molecule has 0 saturated carbocycles. The Morgan fingerprint density at radius 1 is 1.16 bits per heavy atom. The molecule has 13 heteroatoms. The molecule has 3 heterocycles. The van der Waals surface area contributed by atoms with E-state index >= 15 is 0 Å². The molecule has 1 fully saturated rings. The van der Waals surface area contributed by atoms with Gasteiger partial charge in [-0.3, -0.25) is 14.3 Å². The molecule has 0 spiro atoms. The van der Waals surface area contributed by atoms with Gasteiger partial charge in [0.2, 0.25) is 5.82 Å². The van der Waals surface area contributed by atoms with Crippen molar-refractivity contribution in [3.63, 3.8) is 0 Å². The van der Waals surface area contributed by atoms with Crippen LogP contribution in [0.4, 0.5) is 13.2 Å². The molecule has 1 atom stereocenters. The molecule has 1 N–H and O–H groups in total. The van der Waals surface area contributed by atoms with E-state index in [9.17, 15) is 22.8 Å². The molecule has 0 unspecified atom stereocenters. The molecule has 2 amide bonds. The molecule has 10 nitrogen and oxygen atoms in total. The second kappa shape index (κ2) is 9.96. The van der Waals surface area contributed by atoms with Crippen LogP contribution in [0.2, 0.25) is 0 Å². The number of nitrogens with one attached hydrogen (secondary N) is 1. The van der Waals surface area contributed by atoms with Crippen molar-refractivity contribution in [2.75, 3.05) is 26.3 Å². The fourth-order valence-electron chi connectivity index (χ4n) is 4.72. The quantitative estimate of drug-likeness (QED) is 0.552. The van der Waals surface area contributed by atoms with Crippen LogP contribution < -0.4 is 5.32 Å². The minimum atomic E-state index is -4.74. The smallest absolute Gasteiger partial charge is 0.377 e. The van der Waals surface area contributed by atoms with Gasteiger partial charge >= 0.3 is 12.1 Å². The number of ether oxygens (including phenoxy) is 1. The molecule has 0 bridgehead atoms. The van der Waals surface area contributed by atoms with Gasteiger partial charge in [-0.1, -0.05) is 17.3 Å². The van der Waals surface area contributed by atoms with Crippen molar-refractivity contribution in [1.29, 1.82) is 0 Å². The summed E-state index contributed by atoms with van der Waals surface area (Å²) >= 11 is 0. The van der Waals surface area contributed by atoms with Crippen LogP contribution in [0.5, 0.6) is 0 Å².